The van der Waals surface area contributed by atoms with Crippen molar-refractivity contribution < 1.29 is 32.1 Å². The number of amides is 2. The number of alkyl halides is 3. The number of para-hydroxylation sites is 1. The molecule has 0 bridgehead atoms. The zero-order valence-corrected chi connectivity index (χ0v) is 22.7. The van der Waals surface area contributed by atoms with Gasteiger partial charge in [-0.25, -0.2) is 4.39 Å². The van der Waals surface area contributed by atoms with Crippen molar-refractivity contribution in [3.8, 4) is 0 Å². The van der Waals surface area contributed by atoms with Crippen molar-refractivity contribution in [2.75, 3.05) is 53.3 Å². The molecule has 3 aromatic carbocycles. The molecular formula is C28H23F4N5O4S. The summed E-state index contributed by atoms with van der Waals surface area (Å²) in [6.07, 6.45) is -4.70. The van der Waals surface area contributed by atoms with Crippen LogP contribution in [0.5, 0.6) is 0 Å². The van der Waals surface area contributed by atoms with E-state index in [1.165, 1.54) is 40.9 Å². The summed E-state index contributed by atoms with van der Waals surface area (Å²) < 4.78 is 53.1. The molecule has 2 saturated heterocycles. The summed E-state index contributed by atoms with van der Waals surface area (Å²) in [5.74, 6) is -0.990. The highest BCUT2D eigenvalue weighted by Crippen LogP contribution is 2.55. The van der Waals surface area contributed by atoms with Crippen molar-refractivity contribution in [1.82, 2.24) is 4.90 Å². The summed E-state index contributed by atoms with van der Waals surface area (Å²) in [5, 5.41) is 11.6. The number of nitrogens with zero attached hydrogens (tertiary/aromatic N) is 5. The molecule has 2 fully saturated rings. The average Bonchev–Trinajstić information content (AvgIpc) is 3.43. The second-order valence-electron chi connectivity index (χ2n) is 10.1. The van der Waals surface area contributed by atoms with Gasteiger partial charge in [-0.15, -0.1) is 11.8 Å². The molecule has 0 aromatic heterocycles. The highest BCUT2D eigenvalue weighted by molar-refractivity contribution is 8.02. The first-order valence-electron chi connectivity index (χ1n) is 13.0. The number of carbonyl (C=O) groups excluding carboxylic acids is 2. The van der Waals surface area contributed by atoms with Crippen LogP contribution in [0.15, 0.2) is 66.7 Å². The molecule has 1 spiro atoms. The smallest absolute Gasteiger partial charge is 0.363 e. The number of anilines is 3. The number of nitro groups is 1. The number of hydrogen-bond acceptors (Lipinski definition) is 7. The van der Waals surface area contributed by atoms with Crippen molar-refractivity contribution in [2.45, 2.75) is 11.0 Å². The lowest BCUT2D eigenvalue weighted by Gasteiger charge is -2.38. The van der Waals surface area contributed by atoms with Crippen LogP contribution in [0.3, 0.4) is 0 Å². The summed E-state index contributed by atoms with van der Waals surface area (Å²) in [4.78, 5) is 43.4. The van der Waals surface area contributed by atoms with Crippen LogP contribution in [0.4, 0.5) is 40.3 Å². The lowest BCUT2D eigenvalue weighted by atomic mass is 10.0. The van der Waals surface area contributed by atoms with Crippen molar-refractivity contribution in [3.63, 3.8) is 0 Å². The summed E-state index contributed by atoms with van der Waals surface area (Å²) in [6.45, 7) is 1.51. The van der Waals surface area contributed by atoms with Gasteiger partial charge in [0.2, 0.25) is 10.8 Å². The predicted octanol–water partition coefficient (Wildman–Crippen LogP) is 4.81. The normalized spacial score (nSPS) is 21.0. The number of halogens is 4. The van der Waals surface area contributed by atoms with Gasteiger partial charge >= 0.3 is 6.18 Å². The van der Waals surface area contributed by atoms with Crippen LogP contribution in [-0.4, -0.2) is 60.2 Å². The second-order valence-corrected chi connectivity index (χ2v) is 11.3. The maximum atomic E-state index is 14.2. The van der Waals surface area contributed by atoms with Crippen molar-refractivity contribution in [3.05, 3.63) is 93.8 Å². The molecule has 3 heterocycles. The Morgan fingerprint density at radius 2 is 1.62 bits per heavy atom. The SMILES string of the molecule is O=C1CSC2(C(=O)N(CN3CCN(c4ccc(C(F)(F)F)cc4[N+](=O)[O-])CC3)c3ccccc32)N1c1ccc(F)cc1. The predicted molar refractivity (Wildman–Crippen MR) is 149 cm³/mol. The Hall–Kier alpha value is -4.17. The Bertz CT molecular complexity index is 1580. The van der Waals surface area contributed by atoms with Crippen molar-refractivity contribution >= 4 is 46.3 Å². The van der Waals surface area contributed by atoms with Crippen LogP contribution in [0, 0.1) is 15.9 Å². The van der Waals surface area contributed by atoms with Crippen molar-refractivity contribution in [1.29, 1.82) is 0 Å². The third kappa shape index (κ3) is 4.54. The Labute approximate surface area is 241 Å². The van der Waals surface area contributed by atoms with Gasteiger partial charge in [-0.2, -0.15) is 13.2 Å². The molecule has 1 unspecified atom stereocenters. The first-order valence-corrected chi connectivity index (χ1v) is 14.0. The van der Waals surface area contributed by atoms with E-state index in [-0.39, 0.29) is 43.0 Å². The fourth-order valence-corrected chi connectivity index (χ4v) is 7.09. The third-order valence-corrected chi connectivity index (χ3v) is 9.09. The van der Waals surface area contributed by atoms with Crippen LogP contribution in [0.2, 0.25) is 0 Å². The molecule has 0 radical (unpaired) electrons. The maximum Gasteiger partial charge on any atom is 0.416 e. The monoisotopic (exact) mass is 601 g/mol. The molecule has 3 aliphatic heterocycles. The van der Waals surface area contributed by atoms with E-state index in [1.807, 2.05) is 4.90 Å². The van der Waals surface area contributed by atoms with Gasteiger partial charge in [-0.05, 0) is 42.5 Å². The number of hydrogen-bond donors (Lipinski definition) is 0. The van der Waals surface area contributed by atoms with E-state index in [9.17, 15) is 37.3 Å². The molecule has 2 amide bonds. The number of thioether (sulfide) groups is 1. The molecule has 3 aliphatic rings. The molecule has 218 valence electrons. The number of rotatable bonds is 5. The Morgan fingerprint density at radius 1 is 0.929 bits per heavy atom. The molecule has 0 N–H and O–H groups in total. The molecule has 9 nitrogen and oxygen atoms in total. The number of benzene rings is 3. The molecule has 3 aromatic rings. The Kier molecular flexibility index (Phi) is 6.84. The zero-order valence-electron chi connectivity index (χ0n) is 21.9. The summed E-state index contributed by atoms with van der Waals surface area (Å²) in [7, 11) is 0. The Morgan fingerprint density at radius 3 is 2.29 bits per heavy atom. The van der Waals surface area contributed by atoms with Crippen LogP contribution >= 0.6 is 11.8 Å². The van der Waals surface area contributed by atoms with Gasteiger partial charge in [0.05, 0.1) is 28.6 Å². The van der Waals surface area contributed by atoms with E-state index in [2.05, 4.69) is 0 Å². The fraction of sp³-hybridized carbons (Fsp3) is 0.286. The zero-order chi connectivity index (χ0) is 29.8. The molecule has 1 atom stereocenters. The molecule has 14 heteroatoms. The molecule has 0 aliphatic carbocycles. The second kappa shape index (κ2) is 10.3. The van der Waals surface area contributed by atoms with Crippen LogP contribution in [0.25, 0.3) is 0 Å². The quantitative estimate of drug-likeness (QED) is 0.236. The van der Waals surface area contributed by atoms with Crippen molar-refractivity contribution in [2.24, 2.45) is 0 Å². The van der Waals surface area contributed by atoms with E-state index in [1.54, 1.807) is 34.1 Å². The van der Waals surface area contributed by atoms with Gasteiger partial charge in [0.25, 0.3) is 11.6 Å². The minimum atomic E-state index is -4.70. The number of carbonyl (C=O) groups is 2. The first kappa shape index (κ1) is 28.0. The summed E-state index contributed by atoms with van der Waals surface area (Å²) in [5.41, 5.74) is 0.0855. The minimum absolute atomic E-state index is 0.0654. The molecular weight excluding hydrogens is 578 g/mol. The highest BCUT2D eigenvalue weighted by Gasteiger charge is 2.61. The molecule has 0 saturated carbocycles. The van der Waals surface area contributed by atoms with E-state index in [0.717, 1.165) is 12.1 Å². The lowest BCUT2D eigenvalue weighted by molar-refractivity contribution is -0.384. The lowest BCUT2D eigenvalue weighted by Crippen LogP contribution is -2.54. The fourth-order valence-electron chi connectivity index (χ4n) is 5.73. The van der Waals surface area contributed by atoms with Crippen LogP contribution in [-0.2, 0) is 20.6 Å². The van der Waals surface area contributed by atoms with Gasteiger partial charge in [-0.3, -0.25) is 34.4 Å². The van der Waals surface area contributed by atoms with E-state index < -0.39 is 33.0 Å². The molecule has 42 heavy (non-hydrogen) atoms. The summed E-state index contributed by atoms with van der Waals surface area (Å²) in [6, 6.07) is 15.1. The molecule has 6 rings (SSSR count). The number of piperazine rings is 1. The minimum Gasteiger partial charge on any atom is -0.363 e. The van der Waals surface area contributed by atoms with E-state index in [0.29, 0.717) is 36.1 Å². The van der Waals surface area contributed by atoms with Gasteiger partial charge < -0.3 is 4.90 Å². The van der Waals surface area contributed by atoms with Crippen LogP contribution in [0.1, 0.15) is 11.1 Å². The van der Waals surface area contributed by atoms with E-state index in [4.69, 9.17) is 0 Å². The van der Waals surface area contributed by atoms with Gasteiger partial charge in [0, 0.05) is 43.5 Å². The first-order chi connectivity index (χ1) is 20.0. The topological polar surface area (TPSA) is 90.2 Å². The van der Waals surface area contributed by atoms with E-state index >= 15 is 0 Å². The van der Waals surface area contributed by atoms with Crippen LogP contribution < -0.4 is 14.7 Å². The largest absolute Gasteiger partial charge is 0.416 e. The standard InChI is InChI=1S/C28H23F4N5O4S/c29-19-6-8-20(9-7-19)36-25(38)16-42-27(36)21-3-1-2-4-22(21)35(26(27)39)17-33-11-13-34(14-12-33)23-10-5-18(28(30,31)32)15-24(23)37(40)41/h1-10,15H,11-14,16-17H2. The number of fused-ring (bicyclic) bond motifs is 2. The van der Waals surface area contributed by atoms with Gasteiger partial charge in [-0.1, -0.05) is 18.2 Å². The summed E-state index contributed by atoms with van der Waals surface area (Å²) >= 11 is 1.21. The van der Waals surface area contributed by atoms with Gasteiger partial charge in [0.15, 0.2) is 0 Å². The maximum absolute atomic E-state index is 14.2. The third-order valence-electron chi connectivity index (χ3n) is 7.70. The average molecular weight is 602 g/mol. The van der Waals surface area contributed by atoms with Gasteiger partial charge in [0.1, 0.15) is 11.5 Å². The Balaban J connectivity index is 1.23. The highest BCUT2D eigenvalue weighted by atomic mass is 32.2. The number of nitro benzene ring substituents is 1.